The number of nitrogens with one attached hydrogen (secondary N) is 1. The lowest BCUT2D eigenvalue weighted by Crippen LogP contribution is -2.25. The first kappa shape index (κ1) is 13.7. The number of para-hydroxylation sites is 1. The van der Waals surface area contributed by atoms with Gasteiger partial charge in [-0.25, -0.2) is 0 Å². The molecule has 3 nitrogen and oxygen atoms in total. The quantitative estimate of drug-likeness (QED) is 0.802. The fourth-order valence-electron chi connectivity index (χ4n) is 2.20. The van der Waals surface area contributed by atoms with Crippen molar-refractivity contribution in [2.45, 2.75) is 29.9 Å². The molecule has 1 aliphatic heterocycles. The third-order valence-corrected chi connectivity index (χ3v) is 3.90. The average molecular weight is 267 g/mol. The third kappa shape index (κ3) is 3.64. The van der Waals surface area contributed by atoms with Crippen LogP contribution in [0.5, 0.6) is 5.75 Å². The molecular weight excluding hydrogens is 246 g/mol. The van der Waals surface area contributed by atoms with E-state index in [2.05, 4.69) is 17.6 Å². The number of benzene rings is 1. The van der Waals surface area contributed by atoms with Gasteiger partial charge in [0.05, 0.1) is 12.2 Å². The minimum absolute atomic E-state index is 0.235. The molecule has 0 aromatic heterocycles. The van der Waals surface area contributed by atoms with E-state index in [0.717, 1.165) is 25.1 Å². The van der Waals surface area contributed by atoms with Crippen LogP contribution in [-0.4, -0.2) is 38.7 Å². The second kappa shape index (κ2) is 7.02. The highest BCUT2D eigenvalue weighted by molar-refractivity contribution is 7.98. The second-order valence-electron chi connectivity index (χ2n) is 4.48. The Morgan fingerprint density at radius 2 is 2.11 bits per heavy atom. The Bertz CT molecular complexity index is 373. The molecule has 0 saturated carbocycles. The maximum atomic E-state index is 5.90. The zero-order valence-corrected chi connectivity index (χ0v) is 11.8. The van der Waals surface area contributed by atoms with Crippen molar-refractivity contribution in [2.75, 3.05) is 26.5 Å². The van der Waals surface area contributed by atoms with E-state index in [4.69, 9.17) is 9.47 Å². The van der Waals surface area contributed by atoms with Gasteiger partial charge in [0.15, 0.2) is 0 Å². The van der Waals surface area contributed by atoms with Gasteiger partial charge in [-0.3, -0.25) is 0 Å². The molecule has 0 aliphatic carbocycles. The van der Waals surface area contributed by atoms with Gasteiger partial charge in [0, 0.05) is 11.4 Å². The summed E-state index contributed by atoms with van der Waals surface area (Å²) in [5.41, 5.74) is 0. The lowest BCUT2D eigenvalue weighted by molar-refractivity contribution is 0.0188. The summed E-state index contributed by atoms with van der Waals surface area (Å²) >= 11 is 1.71. The van der Waals surface area contributed by atoms with Gasteiger partial charge in [-0.15, -0.1) is 11.8 Å². The fraction of sp³-hybridized carbons (Fsp3) is 0.571. The van der Waals surface area contributed by atoms with Crippen LogP contribution in [0, 0.1) is 0 Å². The highest BCUT2D eigenvalue weighted by Crippen LogP contribution is 2.28. The predicted molar refractivity (Wildman–Crippen MR) is 75.5 cm³/mol. The maximum Gasteiger partial charge on any atom is 0.132 e. The van der Waals surface area contributed by atoms with E-state index < -0.39 is 0 Å². The molecule has 2 atom stereocenters. The lowest BCUT2D eigenvalue weighted by Gasteiger charge is -2.15. The van der Waals surface area contributed by atoms with Crippen molar-refractivity contribution < 1.29 is 9.47 Å². The molecule has 2 unspecified atom stereocenters. The van der Waals surface area contributed by atoms with Crippen LogP contribution >= 0.6 is 11.8 Å². The molecule has 1 aromatic carbocycles. The summed E-state index contributed by atoms with van der Waals surface area (Å²) in [4.78, 5) is 1.18. The summed E-state index contributed by atoms with van der Waals surface area (Å²) in [6, 6.07) is 8.15. The van der Waals surface area contributed by atoms with Crippen molar-refractivity contribution in [1.82, 2.24) is 5.32 Å². The van der Waals surface area contributed by atoms with Gasteiger partial charge >= 0.3 is 0 Å². The van der Waals surface area contributed by atoms with Crippen LogP contribution in [0.4, 0.5) is 0 Å². The summed E-state index contributed by atoms with van der Waals surface area (Å²) in [6.45, 7) is 1.58. The normalized spacial score (nSPS) is 23.2. The van der Waals surface area contributed by atoms with Gasteiger partial charge in [-0.05, 0) is 38.3 Å². The van der Waals surface area contributed by atoms with Crippen LogP contribution in [0.15, 0.2) is 29.2 Å². The second-order valence-corrected chi connectivity index (χ2v) is 5.33. The molecular formula is C14H21NO2S. The number of hydrogen-bond acceptors (Lipinski definition) is 4. The maximum absolute atomic E-state index is 5.90. The first-order valence-electron chi connectivity index (χ1n) is 6.39. The van der Waals surface area contributed by atoms with Gasteiger partial charge in [0.2, 0.25) is 0 Å². The van der Waals surface area contributed by atoms with Crippen molar-refractivity contribution in [2.24, 2.45) is 0 Å². The van der Waals surface area contributed by atoms with Crippen LogP contribution in [0.3, 0.4) is 0 Å². The largest absolute Gasteiger partial charge is 0.490 e. The summed E-state index contributed by atoms with van der Waals surface area (Å²) in [6.07, 6.45) is 4.86. The van der Waals surface area contributed by atoms with Crippen LogP contribution < -0.4 is 10.1 Å². The minimum Gasteiger partial charge on any atom is -0.490 e. The Kier molecular flexibility index (Phi) is 5.35. The Labute approximate surface area is 113 Å². The summed E-state index contributed by atoms with van der Waals surface area (Å²) in [7, 11) is 1.96. The molecule has 1 fully saturated rings. The molecule has 1 N–H and O–H groups in total. The average Bonchev–Trinajstić information content (AvgIpc) is 2.85. The van der Waals surface area contributed by atoms with Gasteiger partial charge in [-0.1, -0.05) is 12.1 Å². The SMILES string of the molecule is CNCC1CCC(COc2ccccc2SC)O1. The van der Waals surface area contributed by atoms with E-state index in [0.29, 0.717) is 12.7 Å². The van der Waals surface area contributed by atoms with E-state index in [-0.39, 0.29) is 6.10 Å². The minimum atomic E-state index is 0.235. The van der Waals surface area contributed by atoms with E-state index in [1.165, 1.54) is 4.90 Å². The monoisotopic (exact) mass is 267 g/mol. The molecule has 1 heterocycles. The Morgan fingerprint density at radius 1 is 1.33 bits per heavy atom. The van der Waals surface area contributed by atoms with Crippen LogP contribution in [0.25, 0.3) is 0 Å². The fourth-order valence-corrected chi connectivity index (χ4v) is 2.74. The Hall–Kier alpha value is -0.710. The van der Waals surface area contributed by atoms with Crippen LogP contribution in [0.1, 0.15) is 12.8 Å². The number of rotatable bonds is 6. The first-order chi connectivity index (χ1) is 8.83. The van der Waals surface area contributed by atoms with Crippen LogP contribution in [0.2, 0.25) is 0 Å². The predicted octanol–water partition coefficient (Wildman–Crippen LogP) is 2.55. The number of hydrogen-bond donors (Lipinski definition) is 1. The van der Waals surface area contributed by atoms with E-state index in [1.807, 2.05) is 25.2 Å². The third-order valence-electron chi connectivity index (χ3n) is 3.12. The number of thioether (sulfide) groups is 1. The molecule has 4 heteroatoms. The van der Waals surface area contributed by atoms with Crippen molar-refractivity contribution in [1.29, 1.82) is 0 Å². The molecule has 2 rings (SSSR count). The van der Waals surface area contributed by atoms with Gasteiger partial charge < -0.3 is 14.8 Å². The molecule has 0 bridgehead atoms. The number of likely N-dealkylation sites (N-methyl/N-ethyl adjacent to an activating group) is 1. The first-order valence-corrected chi connectivity index (χ1v) is 7.62. The Morgan fingerprint density at radius 3 is 2.89 bits per heavy atom. The van der Waals surface area contributed by atoms with Gasteiger partial charge in [-0.2, -0.15) is 0 Å². The zero-order chi connectivity index (χ0) is 12.8. The topological polar surface area (TPSA) is 30.5 Å². The summed E-state index contributed by atoms with van der Waals surface area (Å²) in [5.74, 6) is 0.964. The molecule has 100 valence electrons. The van der Waals surface area contributed by atoms with Gasteiger partial charge in [0.25, 0.3) is 0 Å². The van der Waals surface area contributed by atoms with Crippen molar-refractivity contribution in [3.05, 3.63) is 24.3 Å². The standard InChI is InChI=1S/C14H21NO2S/c1-15-9-11-7-8-12(17-11)10-16-13-5-3-4-6-14(13)18-2/h3-6,11-12,15H,7-10H2,1-2H3. The molecule has 1 aliphatic rings. The number of ether oxygens (including phenoxy) is 2. The molecule has 0 spiro atoms. The molecule has 0 amide bonds. The van der Waals surface area contributed by atoms with Crippen LogP contribution in [-0.2, 0) is 4.74 Å². The van der Waals surface area contributed by atoms with E-state index in [1.54, 1.807) is 11.8 Å². The zero-order valence-electron chi connectivity index (χ0n) is 11.0. The van der Waals surface area contributed by atoms with Gasteiger partial charge in [0.1, 0.15) is 12.4 Å². The van der Waals surface area contributed by atoms with E-state index >= 15 is 0 Å². The molecule has 0 radical (unpaired) electrons. The molecule has 1 aromatic rings. The highest BCUT2D eigenvalue weighted by Gasteiger charge is 2.25. The van der Waals surface area contributed by atoms with Crippen molar-refractivity contribution in [3.8, 4) is 5.75 Å². The molecule has 18 heavy (non-hydrogen) atoms. The smallest absolute Gasteiger partial charge is 0.132 e. The molecule has 1 saturated heterocycles. The summed E-state index contributed by atoms with van der Waals surface area (Å²) < 4.78 is 11.8. The van der Waals surface area contributed by atoms with Crippen molar-refractivity contribution >= 4 is 11.8 Å². The Balaban J connectivity index is 1.81. The highest BCUT2D eigenvalue weighted by atomic mass is 32.2. The van der Waals surface area contributed by atoms with Crippen molar-refractivity contribution in [3.63, 3.8) is 0 Å². The van der Waals surface area contributed by atoms with E-state index in [9.17, 15) is 0 Å². The lowest BCUT2D eigenvalue weighted by atomic mass is 10.2. The summed E-state index contributed by atoms with van der Waals surface area (Å²) in [5, 5.41) is 3.15.